The van der Waals surface area contributed by atoms with Gasteiger partial charge in [-0.2, -0.15) is 0 Å². The molecule has 1 fully saturated rings. The van der Waals surface area contributed by atoms with E-state index in [1.165, 1.54) is 6.20 Å². The van der Waals surface area contributed by atoms with Gasteiger partial charge in [0.05, 0.1) is 22.5 Å². The highest BCUT2D eigenvalue weighted by molar-refractivity contribution is 7.91. The van der Waals surface area contributed by atoms with Crippen molar-refractivity contribution in [3.8, 4) is 11.3 Å². The fourth-order valence-corrected chi connectivity index (χ4v) is 6.15. The molecule has 0 bridgehead atoms. The Hall–Kier alpha value is -3.34. The second kappa shape index (κ2) is 12.5. The molecule has 1 amide bonds. The predicted molar refractivity (Wildman–Crippen MR) is 151 cm³/mol. The highest BCUT2D eigenvalue weighted by atomic mass is 32.2. The van der Waals surface area contributed by atoms with Crippen LogP contribution in [0.25, 0.3) is 11.3 Å². The number of carbonyl (C=O) groups is 1. The summed E-state index contributed by atoms with van der Waals surface area (Å²) < 4.78 is 26.0. The van der Waals surface area contributed by atoms with Crippen LogP contribution < -0.4 is 11.1 Å². The van der Waals surface area contributed by atoms with Gasteiger partial charge in [0.15, 0.2) is 21.3 Å². The zero-order valence-electron chi connectivity index (χ0n) is 22.0. The summed E-state index contributed by atoms with van der Waals surface area (Å²) in [5, 5.41) is 2.75. The number of nitrogens with zero attached hydrogens (tertiary/aromatic N) is 4. The summed E-state index contributed by atoms with van der Waals surface area (Å²) in [5.41, 5.74) is 7.61. The van der Waals surface area contributed by atoms with Crippen LogP contribution in [0.1, 0.15) is 37.2 Å². The van der Waals surface area contributed by atoms with E-state index in [2.05, 4.69) is 38.9 Å². The first kappa shape index (κ1) is 27.7. The molecule has 0 aliphatic carbocycles. The van der Waals surface area contributed by atoms with Crippen LogP contribution in [-0.2, 0) is 9.84 Å². The number of para-hydroxylation sites is 1. The van der Waals surface area contributed by atoms with E-state index in [4.69, 9.17) is 5.73 Å². The van der Waals surface area contributed by atoms with Crippen molar-refractivity contribution in [1.82, 2.24) is 19.8 Å². The molecule has 0 atom stereocenters. The Morgan fingerprint density at radius 1 is 1.05 bits per heavy atom. The lowest BCUT2D eigenvalue weighted by molar-refractivity contribution is 0.102. The first-order valence-corrected chi connectivity index (χ1v) is 14.7. The van der Waals surface area contributed by atoms with Gasteiger partial charge in [0.1, 0.15) is 0 Å². The van der Waals surface area contributed by atoms with Crippen LogP contribution in [0.15, 0.2) is 65.7 Å². The second-order valence-corrected chi connectivity index (χ2v) is 11.6. The number of amides is 1. The van der Waals surface area contributed by atoms with Gasteiger partial charge in [-0.05, 0) is 63.3 Å². The third-order valence-electron chi connectivity index (χ3n) is 7.12. The molecular formula is C28H36N6O3S. The van der Waals surface area contributed by atoms with Crippen LogP contribution in [0.5, 0.6) is 0 Å². The van der Waals surface area contributed by atoms with Crippen LogP contribution in [0.2, 0.25) is 0 Å². The van der Waals surface area contributed by atoms with Gasteiger partial charge in [0.2, 0.25) is 0 Å². The third-order valence-corrected chi connectivity index (χ3v) is 8.83. The smallest absolute Gasteiger partial charge is 0.278 e. The van der Waals surface area contributed by atoms with Crippen LogP contribution in [0.3, 0.4) is 0 Å². The molecule has 0 radical (unpaired) electrons. The molecule has 2 aromatic carbocycles. The number of aromatic nitrogens is 2. The van der Waals surface area contributed by atoms with E-state index in [0.29, 0.717) is 29.5 Å². The average molecular weight is 537 g/mol. The molecule has 3 aromatic rings. The van der Waals surface area contributed by atoms with Crippen molar-refractivity contribution < 1.29 is 13.2 Å². The summed E-state index contributed by atoms with van der Waals surface area (Å²) >= 11 is 0. The zero-order valence-corrected chi connectivity index (χ0v) is 22.8. The standard InChI is InChI=1S/C28H36N6O3S/c1-3-34(4-2)23-14-16-33(17-15-23)18-19-38(36,37)24-12-10-21(11-13-24)25-20-30-27(29)26(32-25)28(35)31-22-8-6-5-7-9-22/h5-13,20,23H,3-4,14-19H2,1-2H3,(H2,29,30)(H,31,35). The number of nitrogen functional groups attached to an aromatic ring is 1. The second-order valence-electron chi connectivity index (χ2n) is 9.45. The van der Waals surface area contributed by atoms with Crippen molar-refractivity contribution in [3.05, 3.63) is 66.5 Å². The topological polar surface area (TPSA) is 122 Å². The first-order chi connectivity index (χ1) is 18.3. The summed E-state index contributed by atoms with van der Waals surface area (Å²) in [6, 6.07) is 16.1. The van der Waals surface area contributed by atoms with Gasteiger partial charge in [0, 0.05) is 23.8 Å². The molecule has 1 aliphatic heterocycles. The molecule has 1 aromatic heterocycles. The van der Waals surface area contributed by atoms with Crippen LogP contribution >= 0.6 is 0 Å². The van der Waals surface area contributed by atoms with Gasteiger partial charge < -0.3 is 20.9 Å². The predicted octanol–water partition coefficient (Wildman–Crippen LogP) is 3.56. The maximum absolute atomic E-state index is 13.0. The fraction of sp³-hybridized carbons (Fsp3) is 0.393. The largest absolute Gasteiger partial charge is 0.382 e. The number of piperidine rings is 1. The number of nitrogens with two attached hydrogens (primary N) is 1. The third kappa shape index (κ3) is 6.75. The molecule has 0 spiro atoms. The van der Waals surface area contributed by atoms with Gasteiger partial charge in [0.25, 0.3) is 5.91 Å². The number of carbonyl (C=O) groups excluding carboxylic acids is 1. The molecule has 9 nitrogen and oxygen atoms in total. The van der Waals surface area contributed by atoms with Crippen molar-refractivity contribution in [1.29, 1.82) is 0 Å². The SMILES string of the molecule is CCN(CC)C1CCN(CCS(=O)(=O)c2ccc(-c3cnc(N)c(C(=O)Nc4ccccc4)n3)cc2)CC1. The molecule has 3 N–H and O–H groups in total. The van der Waals surface area contributed by atoms with Gasteiger partial charge in [-0.1, -0.05) is 44.2 Å². The van der Waals surface area contributed by atoms with Crippen molar-refractivity contribution >= 4 is 27.2 Å². The molecule has 0 unspecified atom stereocenters. The maximum atomic E-state index is 13.0. The first-order valence-electron chi connectivity index (χ1n) is 13.1. The number of nitrogens with one attached hydrogen (secondary N) is 1. The number of hydrogen-bond acceptors (Lipinski definition) is 8. The van der Waals surface area contributed by atoms with Gasteiger partial charge >= 0.3 is 0 Å². The number of hydrogen-bond donors (Lipinski definition) is 2. The van der Waals surface area contributed by atoms with Crippen LogP contribution in [-0.4, -0.2) is 78.6 Å². The number of rotatable bonds is 10. The van der Waals surface area contributed by atoms with Gasteiger partial charge in [-0.3, -0.25) is 4.79 Å². The zero-order chi connectivity index (χ0) is 27.1. The summed E-state index contributed by atoms with van der Waals surface area (Å²) in [7, 11) is -3.43. The summed E-state index contributed by atoms with van der Waals surface area (Å²) in [4.78, 5) is 26.2. The Morgan fingerprint density at radius 2 is 1.71 bits per heavy atom. The van der Waals surface area contributed by atoms with Gasteiger partial charge in [-0.25, -0.2) is 18.4 Å². The van der Waals surface area contributed by atoms with Crippen LogP contribution in [0, 0.1) is 0 Å². The van der Waals surface area contributed by atoms with E-state index in [-0.39, 0.29) is 22.2 Å². The normalized spacial score (nSPS) is 15.0. The van der Waals surface area contributed by atoms with Gasteiger partial charge in [-0.15, -0.1) is 0 Å². The molecule has 0 saturated carbocycles. The summed E-state index contributed by atoms with van der Waals surface area (Å²) in [6.45, 7) is 8.85. The van der Waals surface area contributed by atoms with E-state index >= 15 is 0 Å². The molecule has 202 valence electrons. The highest BCUT2D eigenvalue weighted by Crippen LogP contribution is 2.23. The Kier molecular flexibility index (Phi) is 9.09. The van der Waals surface area contributed by atoms with Crippen LogP contribution in [0.4, 0.5) is 11.5 Å². The number of benzene rings is 2. The lowest BCUT2D eigenvalue weighted by Crippen LogP contribution is -2.45. The van der Waals surface area contributed by atoms with Crippen molar-refractivity contribution in [2.45, 2.75) is 37.6 Å². The van der Waals surface area contributed by atoms with Crippen molar-refractivity contribution in [2.75, 3.05) is 49.5 Å². The van der Waals surface area contributed by atoms with E-state index in [9.17, 15) is 13.2 Å². The minimum atomic E-state index is -3.43. The Morgan fingerprint density at radius 3 is 2.34 bits per heavy atom. The number of likely N-dealkylation sites (tertiary alicyclic amines) is 1. The molecule has 2 heterocycles. The Bertz CT molecular complexity index is 1320. The maximum Gasteiger partial charge on any atom is 0.278 e. The molecule has 10 heteroatoms. The molecule has 38 heavy (non-hydrogen) atoms. The fourth-order valence-electron chi connectivity index (χ4n) is 4.86. The Labute approximate surface area is 225 Å². The molecular weight excluding hydrogens is 500 g/mol. The summed E-state index contributed by atoms with van der Waals surface area (Å²) in [5.74, 6) is -0.376. The van der Waals surface area contributed by atoms with E-state index in [1.807, 2.05) is 18.2 Å². The minimum Gasteiger partial charge on any atom is -0.382 e. The molecule has 4 rings (SSSR count). The highest BCUT2D eigenvalue weighted by Gasteiger charge is 2.24. The molecule has 1 aliphatic rings. The van der Waals surface area contributed by atoms with Crippen molar-refractivity contribution in [2.24, 2.45) is 0 Å². The quantitative estimate of drug-likeness (QED) is 0.403. The molecule has 1 saturated heterocycles. The lowest BCUT2D eigenvalue weighted by Gasteiger charge is -2.37. The van der Waals surface area contributed by atoms with E-state index in [0.717, 1.165) is 39.0 Å². The minimum absolute atomic E-state index is 0.00724. The Balaban J connectivity index is 1.38. The monoisotopic (exact) mass is 536 g/mol. The number of anilines is 2. The lowest BCUT2D eigenvalue weighted by atomic mass is 10.0. The van der Waals surface area contributed by atoms with Crippen molar-refractivity contribution in [3.63, 3.8) is 0 Å². The summed E-state index contributed by atoms with van der Waals surface area (Å²) in [6.07, 6.45) is 3.62. The number of sulfone groups is 1. The van der Waals surface area contributed by atoms with E-state index < -0.39 is 15.7 Å². The average Bonchev–Trinajstić information content (AvgIpc) is 2.94. The van der Waals surface area contributed by atoms with E-state index in [1.54, 1.807) is 36.4 Å².